The predicted octanol–water partition coefficient (Wildman–Crippen LogP) is 3.02. The Balaban J connectivity index is 1.57. The maximum Gasteiger partial charge on any atom is 0.233 e. The number of rotatable bonds is 10. The van der Waals surface area contributed by atoms with Crippen molar-refractivity contribution in [1.29, 1.82) is 0 Å². The van der Waals surface area contributed by atoms with Crippen LogP contribution in [-0.4, -0.2) is 50.7 Å². The van der Waals surface area contributed by atoms with Gasteiger partial charge in [0.05, 0.1) is 19.8 Å². The van der Waals surface area contributed by atoms with Gasteiger partial charge >= 0.3 is 0 Å². The average Bonchev–Trinajstić information content (AvgIpc) is 3.32. The normalized spacial score (nSPS) is 17.5. The largest absolute Gasteiger partial charge is 0.493 e. The maximum atomic E-state index is 11.8. The first-order chi connectivity index (χ1) is 12.7. The van der Waals surface area contributed by atoms with Crippen molar-refractivity contribution in [2.24, 2.45) is 5.92 Å². The summed E-state index contributed by atoms with van der Waals surface area (Å²) in [5, 5.41) is 2.73. The lowest BCUT2D eigenvalue weighted by molar-refractivity contribution is -0.121. The van der Waals surface area contributed by atoms with E-state index < -0.39 is 0 Å². The van der Waals surface area contributed by atoms with Gasteiger partial charge in [0.15, 0.2) is 11.5 Å². The highest BCUT2D eigenvalue weighted by Crippen LogP contribution is 2.33. The molecule has 0 unspecified atom stereocenters. The third-order valence-electron chi connectivity index (χ3n) is 5.40. The van der Waals surface area contributed by atoms with Crippen LogP contribution in [0.3, 0.4) is 0 Å². The van der Waals surface area contributed by atoms with Crippen LogP contribution < -0.4 is 14.8 Å². The van der Waals surface area contributed by atoms with Gasteiger partial charge in [-0.15, -0.1) is 0 Å². The summed E-state index contributed by atoms with van der Waals surface area (Å²) in [7, 11) is 3.40. The van der Waals surface area contributed by atoms with Crippen LogP contribution in [0.25, 0.3) is 0 Å². The van der Waals surface area contributed by atoms with Crippen LogP contribution in [0.15, 0.2) is 18.2 Å². The van der Waals surface area contributed by atoms with Crippen molar-refractivity contribution in [2.75, 3.05) is 33.8 Å². The summed E-state index contributed by atoms with van der Waals surface area (Å²) in [6, 6.07) is 6.25. The summed E-state index contributed by atoms with van der Waals surface area (Å²) in [4.78, 5) is 14.0. The highest BCUT2D eigenvalue weighted by molar-refractivity contribution is 5.77. The molecule has 5 heteroatoms. The van der Waals surface area contributed by atoms with Crippen molar-refractivity contribution in [3.8, 4) is 11.5 Å². The molecule has 1 aromatic rings. The van der Waals surface area contributed by atoms with E-state index in [1.807, 2.05) is 6.07 Å². The van der Waals surface area contributed by atoms with Crippen molar-refractivity contribution in [2.45, 2.75) is 51.0 Å². The van der Waals surface area contributed by atoms with Crippen LogP contribution in [0.5, 0.6) is 11.5 Å². The van der Waals surface area contributed by atoms with Gasteiger partial charge < -0.3 is 14.8 Å². The van der Waals surface area contributed by atoms with Crippen LogP contribution in [-0.2, 0) is 11.2 Å². The van der Waals surface area contributed by atoms with E-state index >= 15 is 0 Å². The van der Waals surface area contributed by atoms with Gasteiger partial charge in [0, 0.05) is 20.1 Å². The SMILES string of the molecule is CNC(=O)CN(CCc1ccc(OC2CCCC2)c(OC)c1)CC1CC1. The number of hydrogen-bond donors (Lipinski definition) is 1. The molecule has 0 saturated heterocycles. The Morgan fingerprint density at radius 1 is 1.19 bits per heavy atom. The molecular formula is C21H32N2O3. The molecule has 2 aliphatic carbocycles. The summed E-state index contributed by atoms with van der Waals surface area (Å²) in [6.07, 6.45) is 8.62. The molecular weight excluding hydrogens is 328 g/mol. The first kappa shape index (κ1) is 19.0. The molecule has 0 bridgehead atoms. The number of nitrogens with zero attached hydrogens (tertiary/aromatic N) is 1. The fourth-order valence-electron chi connectivity index (χ4n) is 3.62. The summed E-state index contributed by atoms with van der Waals surface area (Å²) in [5.74, 6) is 2.53. The Morgan fingerprint density at radius 2 is 1.96 bits per heavy atom. The number of hydrogen-bond acceptors (Lipinski definition) is 4. The van der Waals surface area contributed by atoms with Gasteiger partial charge in [0.1, 0.15) is 0 Å². The van der Waals surface area contributed by atoms with E-state index in [2.05, 4.69) is 22.3 Å². The Kier molecular flexibility index (Phi) is 6.78. The third kappa shape index (κ3) is 5.63. The zero-order valence-corrected chi connectivity index (χ0v) is 16.1. The second-order valence-electron chi connectivity index (χ2n) is 7.61. The molecule has 2 aliphatic rings. The monoisotopic (exact) mass is 360 g/mol. The van der Waals surface area contributed by atoms with Crippen LogP contribution in [0.4, 0.5) is 0 Å². The summed E-state index contributed by atoms with van der Waals surface area (Å²) < 4.78 is 11.7. The lowest BCUT2D eigenvalue weighted by atomic mass is 10.1. The number of likely N-dealkylation sites (N-methyl/N-ethyl adjacent to an activating group) is 1. The highest BCUT2D eigenvalue weighted by Gasteiger charge is 2.25. The molecule has 5 nitrogen and oxygen atoms in total. The average molecular weight is 360 g/mol. The second-order valence-corrected chi connectivity index (χ2v) is 7.61. The van der Waals surface area contributed by atoms with Crippen molar-refractivity contribution in [3.63, 3.8) is 0 Å². The van der Waals surface area contributed by atoms with Crippen molar-refractivity contribution < 1.29 is 14.3 Å². The molecule has 1 amide bonds. The first-order valence-electron chi connectivity index (χ1n) is 9.94. The van der Waals surface area contributed by atoms with Crippen LogP contribution in [0.2, 0.25) is 0 Å². The third-order valence-corrected chi connectivity index (χ3v) is 5.40. The van der Waals surface area contributed by atoms with Crippen molar-refractivity contribution in [1.82, 2.24) is 10.2 Å². The molecule has 1 N–H and O–H groups in total. The Labute approximate surface area is 157 Å². The van der Waals surface area contributed by atoms with Gasteiger partial charge in [-0.2, -0.15) is 0 Å². The van der Waals surface area contributed by atoms with Gasteiger partial charge in [-0.25, -0.2) is 0 Å². The molecule has 0 heterocycles. The lowest BCUT2D eigenvalue weighted by Gasteiger charge is -2.22. The van der Waals surface area contributed by atoms with Gasteiger partial charge in [0.25, 0.3) is 0 Å². The fourth-order valence-corrected chi connectivity index (χ4v) is 3.62. The number of ether oxygens (including phenoxy) is 2. The molecule has 0 atom stereocenters. The number of benzene rings is 1. The number of nitrogens with one attached hydrogen (secondary N) is 1. The minimum Gasteiger partial charge on any atom is -0.493 e. The highest BCUT2D eigenvalue weighted by atomic mass is 16.5. The van der Waals surface area contributed by atoms with Crippen molar-refractivity contribution >= 4 is 5.91 Å². The molecule has 0 aliphatic heterocycles. The van der Waals surface area contributed by atoms with Crippen LogP contribution in [0, 0.1) is 5.92 Å². The van der Waals surface area contributed by atoms with E-state index in [9.17, 15) is 4.79 Å². The predicted molar refractivity (Wildman–Crippen MR) is 103 cm³/mol. The first-order valence-corrected chi connectivity index (χ1v) is 9.94. The zero-order chi connectivity index (χ0) is 18.4. The standard InChI is InChI=1S/C21H32N2O3/c1-22-21(24)15-23(14-17-7-8-17)12-11-16-9-10-19(20(13-16)25-2)26-18-5-3-4-6-18/h9-10,13,17-18H,3-8,11-12,14-15H2,1-2H3,(H,22,24). The Bertz CT molecular complexity index is 595. The lowest BCUT2D eigenvalue weighted by Crippen LogP contribution is -2.38. The zero-order valence-electron chi connectivity index (χ0n) is 16.1. The summed E-state index contributed by atoms with van der Waals surface area (Å²) >= 11 is 0. The van der Waals surface area contributed by atoms with E-state index in [0.29, 0.717) is 12.6 Å². The van der Waals surface area contributed by atoms with Gasteiger partial charge in [-0.1, -0.05) is 6.07 Å². The smallest absolute Gasteiger partial charge is 0.233 e. The second kappa shape index (κ2) is 9.26. The molecule has 2 fully saturated rings. The molecule has 0 spiro atoms. The molecule has 26 heavy (non-hydrogen) atoms. The van der Waals surface area contributed by atoms with E-state index in [-0.39, 0.29) is 5.91 Å². The maximum absolute atomic E-state index is 11.8. The van der Waals surface area contributed by atoms with Crippen LogP contribution >= 0.6 is 0 Å². The number of methoxy groups -OCH3 is 1. The van der Waals surface area contributed by atoms with Crippen LogP contribution in [0.1, 0.15) is 44.1 Å². The van der Waals surface area contributed by atoms with E-state index in [1.165, 1.54) is 31.2 Å². The molecule has 0 aromatic heterocycles. The number of amides is 1. The Hall–Kier alpha value is -1.75. The van der Waals surface area contributed by atoms with E-state index in [1.54, 1.807) is 14.2 Å². The topological polar surface area (TPSA) is 50.8 Å². The van der Waals surface area contributed by atoms with E-state index in [4.69, 9.17) is 9.47 Å². The number of carbonyl (C=O) groups is 1. The number of carbonyl (C=O) groups excluding carboxylic acids is 1. The minimum absolute atomic E-state index is 0.0866. The van der Waals surface area contributed by atoms with Gasteiger partial charge in [-0.3, -0.25) is 9.69 Å². The van der Waals surface area contributed by atoms with Gasteiger partial charge in [0.2, 0.25) is 5.91 Å². The quantitative estimate of drug-likeness (QED) is 0.697. The van der Waals surface area contributed by atoms with Gasteiger partial charge in [-0.05, 0) is 68.6 Å². The summed E-state index contributed by atoms with van der Waals surface area (Å²) in [5.41, 5.74) is 1.22. The molecule has 1 aromatic carbocycles. The molecule has 2 saturated carbocycles. The summed E-state index contributed by atoms with van der Waals surface area (Å²) in [6.45, 7) is 2.39. The molecule has 0 radical (unpaired) electrons. The Morgan fingerprint density at radius 3 is 2.62 bits per heavy atom. The van der Waals surface area contributed by atoms with E-state index in [0.717, 1.165) is 49.8 Å². The fraction of sp³-hybridized carbons (Fsp3) is 0.667. The minimum atomic E-state index is 0.0866. The molecule has 144 valence electrons. The van der Waals surface area contributed by atoms with Crippen molar-refractivity contribution in [3.05, 3.63) is 23.8 Å². The molecule has 3 rings (SSSR count).